The molecule has 0 radical (unpaired) electrons. The number of aliphatic hydroxyl groups is 1. The van der Waals surface area contributed by atoms with Gasteiger partial charge in [0.15, 0.2) is 6.39 Å². The summed E-state index contributed by atoms with van der Waals surface area (Å²) in [7, 11) is 0. The zero-order valence-electron chi connectivity index (χ0n) is 19.2. The van der Waals surface area contributed by atoms with Crippen LogP contribution in [0.4, 0.5) is 0 Å². The predicted octanol–water partition coefficient (Wildman–Crippen LogP) is 4.68. The van der Waals surface area contributed by atoms with Crippen molar-refractivity contribution in [3.8, 4) is 23.0 Å². The van der Waals surface area contributed by atoms with Gasteiger partial charge in [-0.05, 0) is 54.5 Å². The van der Waals surface area contributed by atoms with Crippen molar-refractivity contribution < 1.29 is 9.52 Å². The summed E-state index contributed by atoms with van der Waals surface area (Å²) in [5.74, 6) is 7.61. The molecule has 34 heavy (non-hydrogen) atoms. The first-order chi connectivity index (χ1) is 16.7. The monoisotopic (exact) mass is 452 g/mol. The van der Waals surface area contributed by atoms with Gasteiger partial charge in [0, 0.05) is 30.5 Å². The Morgan fingerprint density at radius 3 is 2.50 bits per heavy atom. The molecule has 0 saturated heterocycles. The quantitative estimate of drug-likeness (QED) is 0.398. The van der Waals surface area contributed by atoms with E-state index in [1.54, 1.807) is 19.4 Å². The summed E-state index contributed by atoms with van der Waals surface area (Å²) in [6.07, 6.45) is 8.39. The fourth-order valence-corrected chi connectivity index (χ4v) is 4.37. The Morgan fingerprint density at radius 1 is 1.09 bits per heavy atom. The van der Waals surface area contributed by atoms with E-state index in [1.807, 2.05) is 10.8 Å². The minimum absolute atomic E-state index is 0.501. The van der Waals surface area contributed by atoms with Crippen molar-refractivity contribution in [3.63, 3.8) is 0 Å². The second-order valence-corrected chi connectivity index (χ2v) is 8.82. The van der Waals surface area contributed by atoms with E-state index >= 15 is 0 Å². The van der Waals surface area contributed by atoms with E-state index in [0.717, 1.165) is 30.6 Å². The number of benzene rings is 2. The molecule has 1 fully saturated rings. The lowest BCUT2D eigenvalue weighted by molar-refractivity contribution is 0.184. The Balaban J connectivity index is 1.14. The van der Waals surface area contributed by atoms with Crippen LogP contribution in [0, 0.1) is 11.8 Å². The van der Waals surface area contributed by atoms with Crippen molar-refractivity contribution in [3.05, 3.63) is 96.2 Å². The van der Waals surface area contributed by atoms with E-state index in [9.17, 15) is 5.11 Å². The number of hydrogen-bond donors (Lipinski definition) is 2. The van der Waals surface area contributed by atoms with Crippen molar-refractivity contribution >= 4 is 0 Å². The highest BCUT2D eigenvalue weighted by Gasteiger charge is 2.29. The summed E-state index contributed by atoms with van der Waals surface area (Å²) >= 11 is 0. The lowest BCUT2D eigenvalue weighted by atomic mass is 9.75. The van der Waals surface area contributed by atoms with Crippen molar-refractivity contribution in [1.29, 1.82) is 0 Å². The average Bonchev–Trinajstić information content (AvgIpc) is 3.51. The maximum Gasteiger partial charge on any atom is 0.180 e. The Bertz CT molecular complexity index is 1260. The summed E-state index contributed by atoms with van der Waals surface area (Å²) < 4.78 is 6.88. The Hall–Kier alpha value is -3.66. The van der Waals surface area contributed by atoms with E-state index in [-0.39, 0.29) is 0 Å². The number of imidazole rings is 1. The van der Waals surface area contributed by atoms with Gasteiger partial charge in [-0.15, -0.1) is 0 Å². The van der Waals surface area contributed by atoms with E-state index in [2.05, 4.69) is 75.7 Å². The van der Waals surface area contributed by atoms with Crippen molar-refractivity contribution in [1.82, 2.24) is 19.9 Å². The van der Waals surface area contributed by atoms with E-state index in [4.69, 9.17) is 4.42 Å². The molecule has 1 aliphatic rings. The van der Waals surface area contributed by atoms with Crippen LogP contribution in [0.25, 0.3) is 11.1 Å². The van der Waals surface area contributed by atoms with E-state index < -0.39 is 6.10 Å². The minimum atomic E-state index is -0.602. The smallest absolute Gasteiger partial charge is 0.180 e. The second kappa shape index (κ2) is 10.1. The van der Waals surface area contributed by atoms with Gasteiger partial charge in [0.25, 0.3) is 0 Å². The zero-order valence-corrected chi connectivity index (χ0v) is 19.2. The van der Waals surface area contributed by atoms with Gasteiger partial charge in [0.05, 0.1) is 12.2 Å². The largest absolute Gasteiger partial charge is 0.451 e. The van der Waals surface area contributed by atoms with Gasteiger partial charge in [0.2, 0.25) is 0 Å². The average molecular weight is 453 g/mol. The highest BCUT2D eigenvalue weighted by molar-refractivity contribution is 5.64. The van der Waals surface area contributed by atoms with Crippen LogP contribution >= 0.6 is 0 Å². The number of aliphatic hydroxyl groups excluding tert-OH is 1. The molecule has 4 aromatic rings. The van der Waals surface area contributed by atoms with Gasteiger partial charge in [-0.1, -0.05) is 48.2 Å². The van der Waals surface area contributed by atoms with Crippen molar-refractivity contribution in [2.24, 2.45) is 0 Å². The number of nitrogens with zero attached hydrogens (tertiary/aromatic N) is 3. The molecule has 2 aromatic carbocycles. The van der Waals surface area contributed by atoms with Gasteiger partial charge >= 0.3 is 0 Å². The summed E-state index contributed by atoms with van der Waals surface area (Å²) in [6, 6.07) is 17.8. The lowest BCUT2D eigenvalue weighted by Gasteiger charge is -2.36. The fraction of sp³-hybridized carbons (Fsp3) is 0.286. The molecule has 6 nitrogen and oxygen atoms in total. The Morgan fingerprint density at radius 2 is 1.82 bits per heavy atom. The first-order valence-corrected chi connectivity index (χ1v) is 11.6. The zero-order chi connectivity index (χ0) is 23.3. The van der Waals surface area contributed by atoms with Crippen LogP contribution in [0.1, 0.15) is 54.4 Å². The van der Waals surface area contributed by atoms with Crippen LogP contribution in [0.5, 0.6) is 0 Å². The number of oxazole rings is 1. The van der Waals surface area contributed by atoms with Crippen LogP contribution in [-0.2, 0) is 13.1 Å². The predicted molar refractivity (Wildman–Crippen MR) is 131 cm³/mol. The van der Waals surface area contributed by atoms with Gasteiger partial charge < -0.3 is 19.4 Å². The molecule has 1 aliphatic carbocycles. The third-order valence-electron chi connectivity index (χ3n) is 6.40. The molecule has 6 heteroatoms. The van der Waals surface area contributed by atoms with Gasteiger partial charge in [-0.3, -0.25) is 0 Å². The molecule has 2 aromatic heterocycles. The SMILES string of the molecule is CC(O)c1nccn1CC#Cc1ccc(-c2ccc(C3CC(NCc4cocn4)C3)cc2)cc1. The molecule has 172 valence electrons. The standard InChI is InChI=1S/C28H28N4O2/c1-20(33)28-29-12-14-32(28)13-2-3-21-4-6-22(7-5-21)23-8-10-24(11-9-23)25-15-26(16-25)30-17-27-18-34-19-31-27/h4-12,14,18-20,25-26,30,33H,13,15-17H2,1H3. The number of nitrogens with one attached hydrogen (secondary N) is 1. The second-order valence-electron chi connectivity index (χ2n) is 8.82. The molecule has 0 spiro atoms. The first-order valence-electron chi connectivity index (χ1n) is 11.6. The molecule has 0 aliphatic heterocycles. The number of rotatable bonds is 7. The molecule has 1 unspecified atom stereocenters. The van der Waals surface area contributed by atoms with E-state index in [1.165, 1.54) is 23.1 Å². The summed E-state index contributed by atoms with van der Waals surface area (Å²) in [4.78, 5) is 8.32. The van der Waals surface area contributed by atoms with Crippen molar-refractivity contribution in [2.75, 3.05) is 0 Å². The molecule has 2 heterocycles. The van der Waals surface area contributed by atoms with Gasteiger partial charge in [-0.25, -0.2) is 9.97 Å². The summed E-state index contributed by atoms with van der Waals surface area (Å²) in [6.45, 7) is 2.97. The first kappa shape index (κ1) is 22.1. The summed E-state index contributed by atoms with van der Waals surface area (Å²) in [5, 5.41) is 13.3. The third-order valence-corrected chi connectivity index (χ3v) is 6.40. The molecular formula is C28H28N4O2. The van der Waals surface area contributed by atoms with Crippen molar-refractivity contribution in [2.45, 2.75) is 50.9 Å². The van der Waals surface area contributed by atoms with Gasteiger partial charge in [-0.2, -0.15) is 0 Å². The molecule has 2 N–H and O–H groups in total. The van der Waals surface area contributed by atoms with Crippen LogP contribution in [0.15, 0.2) is 78.0 Å². The number of aromatic nitrogens is 3. The maximum absolute atomic E-state index is 9.74. The lowest BCUT2D eigenvalue weighted by Crippen LogP contribution is -2.39. The highest BCUT2D eigenvalue weighted by atomic mass is 16.3. The fourth-order valence-electron chi connectivity index (χ4n) is 4.37. The molecule has 5 rings (SSSR count). The molecule has 0 bridgehead atoms. The maximum atomic E-state index is 9.74. The molecule has 0 amide bonds. The molecule has 1 atom stereocenters. The Kier molecular flexibility index (Phi) is 6.57. The minimum Gasteiger partial charge on any atom is -0.451 e. The summed E-state index contributed by atoms with van der Waals surface area (Å²) in [5.41, 5.74) is 5.72. The molecule has 1 saturated carbocycles. The molecular weight excluding hydrogens is 424 g/mol. The van der Waals surface area contributed by atoms with Gasteiger partial charge in [0.1, 0.15) is 18.2 Å². The van der Waals surface area contributed by atoms with Crippen LogP contribution in [0.3, 0.4) is 0 Å². The highest BCUT2D eigenvalue weighted by Crippen LogP contribution is 2.37. The normalized spacial score (nSPS) is 18.1. The van der Waals surface area contributed by atoms with Crippen LogP contribution in [0.2, 0.25) is 0 Å². The third kappa shape index (κ3) is 5.12. The Labute approximate surface area is 199 Å². The van der Waals surface area contributed by atoms with E-state index in [0.29, 0.717) is 24.3 Å². The van der Waals surface area contributed by atoms with Crippen LogP contribution < -0.4 is 5.32 Å². The topological polar surface area (TPSA) is 76.1 Å². The van der Waals surface area contributed by atoms with Crippen LogP contribution in [-0.4, -0.2) is 25.7 Å². The number of hydrogen-bond acceptors (Lipinski definition) is 5.